The van der Waals surface area contributed by atoms with E-state index < -0.39 is 5.83 Å². The third-order valence-electron chi connectivity index (χ3n) is 2.11. The van der Waals surface area contributed by atoms with Crippen molar-refractivity contribution in [3.8, 4) is 5.88 Å². The minimum atomic E-state index is -0.399. The van der Waals surface area contributed by atoms with Gasteiger partial charge in [-0.3, -0.25) is 5.84 Å². The maximum Gasteiger partial charge on any atom is 0.219 e. The van der Waals surface area contributed by atoms with Gasteiger partial charge in [-0.2, -0.15) is 0 Å². The van der Waals surface area contributed by atoms with E-state index in [2.05, 4.69) is 10.4 Å². The van der Waals surface area contributed by atoms with Gasteiger partial charge in [-0.1, -0.05) is 6.08 Å². The van der Waals surface area contributed by atoms with E-state index in [4.69, 9.17) is 10.6 Å². The van der Waals surface area contributed by atoms with Crippen molar-refractivity contribution in [2.75, 3.05) is 5.43 Å². The number of hydrazine groups is 1. The van der Waals surface area contributed by atoms with Crippen molar-refractivity contribution in [3.63, 3.8) is 0 Å². The van der Waals surface area contributed by atoms with E-state index in [0.717, 1.165) is 5.56 Å². The van der Waals surface area contributed by atoms with Crippen LogP contribution in [0, 0.1) is 6.92 Å². The molecule has 4 nitrogen and oxygen atoms in total. The minimum absolute atomic E-state index is 0.146. The van der Waals surface area contributed by atoms with E-state index in [1.807, 2.05) is 6.92 Å². The van der Waals surface area contributed by atoms with Crippen LogP contribution < -0.4 is 16.0 Å². The summed E-state index contributed by atoms with van der Waals surface area (Å²) in [5.41, 5.74) is 4.07. The molecular formula is C12H16FN3O. The van der Waals surface area contributed by atoms with Crippen molar-refractivity contribution in [2.45, 2.75) is 20.8 Å². The summed E-state index contributed by atoms with van der Waals surface area (Å²) < 4.78 is 18.5. The summed E-state index contributed by atoms with van der Waals surface area (Å²) in [5.74, 6) is 5.36. The number of hydrogen-bond acceptors (Lipinski definition) is 4. The zero-order chi connectivity index (χ0) is 12.8. The number of ether oxygens (including phenoxy) is 1. The van der Waals surface area contributed by atoms with E-state index >= 15 is 0 Å². The Labute approximate surface area is 100.0 Å². The Hall–Kier alpha value is -1.88. The molecule has 5 heteroatoms. The van der Waals surface area contributed by atoms with Crippen LogP contribution in [0.4, 0.5) is 10.1 Å². The largest absolute Gasteiger partial charge is 0.436 e. The summed E-state index contributed by atoms with van der Waals surface area (Å²) in [4.78, 5) is 4.02. The molecule has 17 heavy (non-hydrogen) atoms. The fraction of sp³-hybridized carbons (Fsp3) is 0.250. The van der Waals surface area contributed by atoms with Crippen LogP contribution in [0.3, 0.4) is 0 Å². The Kier molecular flexibility index (Phi) is 4.66. The van der Waals surface area contributed by atoms with E-state index in [1.165, 1.54) is 13.1 Å². The SMILES string of the molecule is C/C=C\C(Oc1cc(C)c(NN)cn1)=C(/C)F. The molecular weight excluding hydrogens is 221 g/mol. The highest BCUT2D eigenvalue weighted by Crippen LogP contribution is 2.20. The lowest BCUT2D eigenvalue weighted by atomic mass is 10.2. The number of nitrogen functional groups attached to an aromatic ring is 1. The molecule has 0 amide bonds. The summed E-state index contributed by atoms with van der Waals surface area (Å²) in [7, 11) is 0. The van der Waals surface area contributed by atoms with Gasteiger partial charge in [-0.05, 0) is 32.4 Å². The van der Waals surface area contributed by atoms with Gasteiger partial charge >= 0.3 is 0 Å². The number of rotatable bonds is 4. The molecule has 0 unspecified atom stereocenters. The fourth-order valence-corrected chi connectivity index (χ4v) is 1.22. The zero-order valence-corrected chi connectivity index (χ0v) is 10.1. The molecule has 0 aliphatic heterocycles. The van der Waals surface area contributed by atoms with Gasteiger partial charge in [0.05, 0.1) is 11.9 Å². The van der Waals surface area contributed by atoms with Crippen molar-refractivity contribution in [2.24, 2.45) is 5.84 Å². The second-order valence-corrected chi connectivity index (χ2v) is 3.48. The third kappa shape index (κ3) is 3.57. The fourth-order valence-electron chi connectivity index (χ4n) is 1.22. The van der Waals surface area contributed by atoms with Crippen molar-refractivity contribution < 1.29 is 9.13 Å². The predicted molar refractivity (Wildman–Crippen MR) is 66.0 cm³/mol. The van der Waals surface area contributed by atoms with Crippen LogP contribution in [0.15, 0.2) is 36.0 Å². The summed E-state index contributed by atoms with van der Waals surface area (Å²) in [6.45, 7) is 4.97. The minimum Gasteiger partial charge on any atom is -0.436 e. The van der Waals surface area contributed by atoms with Crippen molar-refractivity contribution in [1.82, 2.24) is 4.98 Å². The van der Waals surface area contributed by atoms with Crippen LogP contribution >= 0.6 is 0 Å². The lowest BCUT2D eigenvalue weighted by molar-refractivity contribution is 0.399. The normalized spacial score (nSPS) is 12.5. The van der Waals surface area contributed by atoms with Gasteiger partial charge in [0.15, 0.2) is 5.76 Å². The number of nitrogens with one attached hydrogen (secondary N) is 1. The molecule has 0 aliphatic carbocycles. The molecule has 92 valence electrons. The lowest BCUT2D eigenvalue weighted by Gasteiger charge is -2.09. The van der Waals surface area contributed by atoms with Gasteiger partial charge in [0.2, 0.25) is 5.88 Å². The third-order valence-corrected chi connectivity index (χ3v) is 2.11. The summed E-state index contributed by atoms with van der Waals surface area (Å²) >= 11 is 0. The topological polar surface area (TPSA) is 60.2 Å². The zero-order valence-electron chi connectivity index (χ0n) is 10.1. The Bertz CT molecular complexity index is 451. The second-order valence-electron chi connectivity index (χ2n) is 3.48. The molecule has 1 rings (SSSR count). The quantitative estimate of drug-likeness (QED) is 0.366. The summed E-state index contributed by atoms with van der Waals surface area (Å²) in [6.07, 6.45) is 4.77. The van der Waals surface area contributed by atoms with Gasteiger partial charge in [0.25, 0.3) is 0 Å². The number of pyridine rings is 1. The molecule has 0 atom stereocenters. The molecule has 0 aliphatic rings. The first-order valence-electron chi connectivity index (χ1n) is 5.18. The smallest absolute Gasteiger partial charge is 0.219 e. The molecule has 0 radical (unpaired) electrons. The number of allylic oxidation sites excluding steroid dienone is 3. The maximum absolute atomic E-state index is 13.1. The van der Waals surface area contributed by atoms with Crippen molar-refractivity contribution in [3.05, 3.63) is 41.6 Å². The average Bonchev–Trinajstić information content (AvgIpc) is 2.28. The molecule has 0 spiro atoms. The first-order valence-corrected chi connectivity index (χ1v) is 5.18. The van der Waals surface area contributed by atoms with Crippen LogP contribution in [0.1, 0.15) is 19.4 Å². The van der Waals surface area contributed by atoms with Gasteiger partial charge in [-0.15, -0.1) is 0 Å². The Balaban J connectivity index is 2.95. The Morgan fingerprint density at radius 2 is 2.29 bits per heavy atom. The van der Waals surface area contributed by atoms with Crippen LogP contribution in [0.5, 0.6) is 5.88 Å². The summed E-state index contributed by atoms with van der Waals surface area (Å²) in [5, 5.41) is 0. The number of aromatic nitrogens is 1. The monoisotopic (exact) mass is 237 g/mol. The number of halogens is 1. The molecule has 0 saturated carbocycles. The highest BCUT2D eigenvalue weighted by Gasteiger charge is 2.05. The molecule has 0 saturated heterocycles. The number of nitrogens with two attached hydrogens (primary N) is 1. The van der Waals surface area contributed by atoms with Gasteiger partial charge in [-0.25, -0.2) is 9.37 Å². The number of hydrogen-bond donors (Lipinski definition) is 2. The Morgan fingerprint density at radius 3 is 2.76 bits per heavy atom. The molecule has 0 bridgehead atoms. The Morgan fingerprint density at radius 1 is 1.59 bits per heavy atom. The van der Waals surface area contributed by atoms with Crippen LogP contribution in [0.2, 0.25) is 0 Å². The van der Waals surface area contributed by atoms with Crippen LogP contribution in [-0.2, 0) is 0 Å². The molecule has 3 N–H and O–H groups in total. The van der Waals surface area contributed by atoms with E-state index in [0.29, 0.717) is 11.6 Å². The number of aryl methyl sites for hydroxylation is 1. The number of nitrogens with zero attached hydrogens (tertiary/aromatic N) is 1. The van der Waals surface area contributed by atoms with Gasteiger partial charge in [0.1, 0.15) is 5.83 Å². The van der Waals surface area contributed by atoms with E-state index in [9.17, 15) is 4.39 Å². The van der Waals surface area contributed by atoms with Crippen molar-refractivity contribution >= 4 is 5.69 Å². The predicted octanol–water partition coefficient (Wildman–Crippen LogP) is 2.83. The highest BCUT2D eigenvalue weighted by molar-refractivity contribution is 5.49. The average molecular weight is 237 g/mol. The van der Waals surface area contributed by atoms with Gasteiger partial charge in [0, 0.05) is 6.07 Å². The number of anilines is 1. The first-order chi connectivity index (χ1) is 8.08. The molecule has 0 aromatic carbocycles. The van der Waals surface area contributed by atoms with Gasteiger partial charge < -0.3 is 10.2 Å². The standard InChI is InChI=1S/C12H16FN3O/c1-4-5-11(9(3)13)17-12-6-8(2)10(16-14)7-15-12/h4-7,16H,14H2,1-3H3/b5-4-,11-9-. The van der Waals surface area contributed by atoms with E-state index in [1.54, 1.807) is 25.1 Å². The maximum atomic E-state index is 13.1. The molecule has 1 heterocycles. The van der Waals surface area contributed by atoms with Crippen LogP contribution in [0.25, 0.3) is 0 Å². The van der Waals surface area contributed by atoms with E-state index in [-0.39, 0.29) is 5.76 Å². The summed E-state index contributed by atoms with van der Waals surface area (Å²) in [6, 6.07) is 1.68. The molecule has 0 fully saturated rings. The molecule has 1 aromatic rings. The lowest BCUT2D eigenvalue weighted by Crippen LogP contribution is -2.08. The second kappa shape index (κ2) is 6.00. The van der Waals surface area contributed by atoms with Crippen LogP contribution in [-0.4, -0.2) is 4.98 Å². The van der Waals surface area contributed by atoms with Crippen molar-refractivity contribution in [1.29, 1.82) is 0 Å². The first kappa shape index (κ1) is 13.2. The molecule has 1 aromatic heterocycles. The highest BCUT2D eigenvalue weighted by atomic mass is 19.1.